The summed E-state index contributed by atoms with van der Waals surface area (Å²) in [6.07, 6.45) is -17.2. The summed E-state index contributed by atoms with van der Waals surface area (Å²) in [5.41, 5.74) is 0. The van der Waals surface area contributed by atoms with Crippen LogP contribution in [0.15, 0.2) is 0 Å². The van der Waals surface area contributed by atoms with E-state index in [2.05, 4.69) is 21.3 Å². The second kappa shape index (κ2) is 23.2. The number of unbranched alkanes of at least 4 members (excludes halogenated alkanes) is 1. The number of carboxylic acids is 1. The zero-order valence-electron chi connectivity index (χ0n) is 27.2. The quantitative estimate of drug-likeness (QED) is 0.0322. The number of carbonyl (C=O) groups excluding carboxylic acids is 4. The number of rotatable bonds is 24. The maximum Gasteiger partial charge on any atom is 0.322 e. The van der Waals surface area contributed by atoms with Gasteiger partial charge in [-0.25, -0.2) is 0 Å². The molecular weight excluding hydrogens is 700 g/mol. The fourth-order valence-corrected chi connectivity index (χ4v) is 6.16. The minimum Gasteiger partial charge on any atom is -0.480 e. The van der Waals surface area contributed by atoms with Crippen molar-refractivity contribution >= 4 is 51.2 Å². The molecule has 4 amide bonds. The molecule has 0 saturated carbocycles. The molecule has 0 aliphatic carbocycles. The van der Waals surface area contributed by atoms with Crippen molar-refractivity contribution in [3.8, 4) is 0 Å². The molecule has 22 heteroatoms. The van der Waals surface area contributed by atoms with Crippen molar-refractivity contribution in [2.45, 2.75) is 106 Å². The molecule has 0 radical (unpaired) electrons. The number of aliphatic carboxylic acids is 1. The van der Waals surface area contributed by atoms with Gasteiger partial charge in [0.15, 0.2) is 12.2 Å². The molecule has 0 bridgehead atoms. The first kappa shape index (κ1) is 46.6. The fraction of sp³-hybridized carbons (Fsp3) is 0.815. The predicted octanol–water partition coefficient (Wildman–Crippen LogP) is -6.50. The summed E-state index contributed by atoms with van der Waals surface area (Å²) in [5.74, 6) is -5.79. The molecule has 20 nitrogen and oxygen atoms in total. The van der Waals surface area contributed by atoms with Crippen LogP contribution in [0.5, 0.6) is 0 Å². The van der Waals surface area contributed by atoms with Gasteiger partial charge in [-0.1, -0.05) is 42.4 Å². The van der Waals surface area contributed by atoms with Crippen molar-refractivity contribution in [2.24, 2.45) is 0 Å². The van der Waals surface area contributed by atoms with Crippen LogP contribution in [0.2, 0.25) is 0 Å². The highest BCUT2D eigenvalue weighted by atomic mass is 33.1. The summed E-state index contributed by atoms with van der Waals surface area (Å²) < 4.78 is -0.261. The Bertz CT molecular complexity index is 1050. The largest absolute Gasteiger partial charge is 0.480 e. The van der Waals surface area contributed by atoms with Gasteiger partial charge in [-0.3, -0.25) is 24.0 Å². The third-order valence-corrected chi connectivity index (χ3v) is 9.84. The number of nitrogens with one attached hydrogen (secondary N) is 4. The van der Waals surface area contributed by atoms with Crippen LogP contribution in [0.25, 0.3) is 0 Å². The topological polar surface area (TPSA) is 356 Å². The van der Waals surface area contributed by atoms with Gasteiger partial charge in [0.05, 0.1) is 13.2 Å². The van der Waals surface area contributed by atoms with Gasteiger partial charge in [-0.2, -0.15) is 0 Å². The smallest absolute Gasteiger partial charge is 0.322 e. The third-order valence-electron chi connectivity index (χ3n) is 6.49. The van der Waals surface area contributed by atoms with Gasteiger partial charge in [0.2, 0.25) is 11.8 Å². The maximum absolute atomic E-state index is 13.4. The highest BCUT2D eigenvalue weighted by Gasteiger charge is 2.37. The van der Waals surface area contributed by atoms with Crippen molar-refractivity contribution < 1.29 is 80.1 Å². The molecule has 0 heterocycles. The lowest BCUT2D eigenvalue weighted by Crippen LogP contribution is -2.58. The third kappa shape index (κ3) is 17.9. The normalized spacial score (nSPS) is 18.0. The summed E-state index contributed by atoms with van der Waals surface area (Å²) in [4.78, 5) is 62.0. The first-order valence-corrected chi connectivity index (χ1v) is 17.3. The van der Waals surface area contributed by atoms with Crippen LogP contribution in [-0.2, 0) is 24.0 Å². The standard InChI is InChI=1S/C27H50N4O16S2/c1-27(2,3)49-48-11-13(23(44)29-8-16(36)37)31-24(45)12(30-26(47)22(43)20(41)18(39)15(35)10-33)6-4-5-7-28-25(46)21(42)19(40)17(38)14(34)9-32/h12-15,17-22,32-35,38-43H,4-11H2,1-3H3,(H,28,46)(H,29,44)(H,30,47)(H,31,45)(H,36,37)/t12-,13-,14+,15+,17-,18-,19-,20-,21+,22+/m0/s1. The number of carbonyl (C=O) groups is 5. The molecule has 0 rings (SSSR count). The highest BCUT2D eigenvalue weighted by Crippen LogP contribution is 2.35. The Hall–Kier alpha value is -2.35. The van der Waals surface area contributed by atoms with Crippen molar-refractivity contribution in [3.63, 3.8) is 0 Å². The van der Waals surface area contributed by atoms with Crippen LogP contribution in [0, 0.1) is 0 Å². The highest BCUT2D eigenvalue weighted by molar-refractivity contribution is 8.77. The van der Waals surface area contributed by atoms with E-state index in [1.54, 1.807) is 0 Å². The monoisotopic (exact) mass is 750 g/mol. The molecule has 0 aromatic rings. The van der Waals surface area contributed by atoms with E-state index < -0.39 is 110 Å². The lowest BCUT2D eigenvalue weighted by molar-refractivity contribution is -0.150. The molecule has 0 aliphatic heterocycles. The zero-order valence-corrected chi connectivity index (χ0v) is 28.8. The number of aliphatic hydroxyl groups excluding tert-OH is 10. The van der Waals surface area contributed by atoms with Crippen LogP contribution >= 0.6 is 21.6 Å². The first-order chi connectivity index (χ1) is 22.7. The summed E-state index contributed by atoms with van der Waals surface area (Å²) in [6.45, 7) is 2.75. The van der Waals surface area contributed by atoms with E-state index in [0.717, 1.165) is 0 Å². The molecule has 0 saturated heterocycles. The molecule has 286 valence electrons. The molecule has 10 atom stereocenters. The number of carboxylic acid groups (broad SMARTS) is 1. The maximum atomic E-state index is 13.4. The Kier molecular flexibility index (Phi) is 22.1. The van der Waals surface area contributed by atoms with Gasteiger partial charge < -0.3 is 77.4 Å². The van der Waals surface area contributed by atoms with Gasteiger partial charge >= 0.3 is 5.97 Å². The number of aliphatic hydroxyl groups is 10. The Balaban J connectivity index is 5.76. The number of hydrogen-bond acceptors (Lipinski definition) is 17. The molecular formula is C27H50N4O16S2. The van der Waals surface area contributed by atoms with E-state index in [1.165, 1.54) is 21.6 Å². The Labute approximate surface area is 290 Å². The lowest BCUT2D eigenvalue weighted by atomic mass is 10.0. The molecule has 0 fully saturated rings. The Morgan fingerprint density at radius 1 is 0.633 bits per heavy atom. The molecule has 0 spiro atoms. The van der Waals surface area contributed by atoms with Crippen LogP contribution in [0.3, 0.4) is 0 Å². The average Bonchev–Trinajstić information content (AvgIpc) is 3.05. The van der Waals surface area contributed by atoms with E-state index in [9.17, 15) is 64.8 Å². The SMILES string of the molecule is CC(C)(C)SSC[C@H](NC(=O)[C@H](CCCCNC(=O)[C@H](O)[C@@H](O)[C@@H](O)[C@H](O)CO)NC(=O)[C@H](O)[C@@H](O)[C@@H](O)[C@H](O)CO)C(=O)NCC(=O)O. The lowest BCUT2D eigenvalue weighted by Gasteiger charge is -2.27. The summed E-state index contributed by atoms with van der Waals surface area (Å²) in [5, 5.41) is 114. The number of amides is 4. The zero-order chi connectivity index (χ0) is 38.1. The Morgan fingerprint density at radius 3 is 1.59 bits per heavy atom. The van der Waals surface area contributed by atoms with E-state index in [1.807, 2.05) is 20.8 Å². The van der Waals surface area contributed by atoms with E-state index >= 15 is 0 Å². The Morgan fingerprint density at radius 2 is 1.12 bits per heavy atom. The van der Waals surface area contributed by atoms with E-state index in [-0.39, 0.29) is 36.3 Å². The fourth-order valence-electron chi connectivity index (χ4n) is 3.69. The van der Waals surface area contributed by atoms with Gasteiger partial charge in [-0.15, -0.1) is 0 Å². The van der Waals surface area contributed by atoms with E-state index in [0.29, 0.717) is 0 Å². The number of hydrogen-bond donors (Lipinski definition) is 15. The van der Waals surface area contributed by atoms with Crippen molar-refractivity contribution in [1.82, 2.24) is 21.3 Å². The summed E-state index contributed by atoms with van der Waals surface area (Å²) in [7, 11) is 2.56. The van der Waals surface area contributed by atoms with Crippen LogP contribution in [0.4, 0.5) is 0 Å². The summed E-state index contributed by atoms with van der Waals surface area (Å²) in [6, 6.07) is -2.85. The van der Waals surface area contributed by atoms with Crippen molar-refractivity contribution in [1.29, 1.82) is 0 Å². The van der Waals surface area contributed by atoms with Gasteiger partial charge in [0.25, 0.3) is 11.8 Å². The molecule has 49 heavy (non-hydrogen) atoms. The summed E-state index contributed by atoms with van der Waals surface area (Å²) >= 11 is 0. The van der Waals surface area contributed by atoms with Gasteiger partial charge in [-0.05, 0) is 19.3 Å². The molecule has 0 aromatic heterocycles. The predicted molar refractivity (Wildman–Crippen MR) is 173 cm³/mol. The van der Waals surface area contributed by atoms with Gasteiger partial charge in [0, 0.05) is 17.0 Å². The van der Waals surface area contributed by atoms with Crippen molar-refractivity contribution in [2.75, 3.05) is 32.1 Å². The van der Waals surface area contributed by atoms with Crippen molar-refractivity contribution in [3.05, 3.63) is 0 Å². The van der Waals surface area contributed by atoms with E-state index in [4.69, 9.17) is 15.3 Å². The first-order valence-electron chi connectivity index (χ1n) is 15.0. The minimum absolute atomic E-state index is 0.0259. The van der Waals surface area contributed by atoms with Crippen LogP contribution in [0.1, 0.15) is 40.0 Å². The van der Waals surface area contributed by atoms with Crippen LogP contribution in [-0.4, -0.2) is 183 Å². The molecule has 0 aromatic carbocycles. The van der Waals surface area contributed by atoms with Crippen LogP contribution < -0.4 is 21.3 Å². The molecule has 0 aliphatic rings. The second-order valence-electron chi connectivity index (χ2n) is 11.9. The second-order valence-corrected chi connectivity index (χ2v) is 15.0. The molecule has 15 N–H and O–H groups in total. The average molecular weight is 751 g/mol. The molecule has 0 unspecified atom stereocenters. The van der Waals surface area contributed by atoms with Gasteiger partial charge in [0.1, 0.15) is 55.3 Å². The minimum atomic E-state index is -2.41.